The molecular formula is C16H12N4O3S. The van der Waals surface area contributed by atoms with Gasteiger partial charge in [-0.1, -0.05) is 42.1 Å². The summed E-state index contributed by atoms with van der Waals surface area (Å²) in [6.07, 6.45) is 1.45. The quantitative estimate of drug-likeness (QED) is 0.331. The van der Waals surface area contributed by atoms with E-state index in [1.807, 2.05) is 24.3 Å². The maximum atomic E-state index is 12.1. The largest absolute Gasteiger partial charge is 0.320 e. The minimum Gasteiger partial charge on any atom is -0.320 e. The molecule has 1 amide bonds. The SMILES string of the molecule is O=C(CSc1ncnc2ccccc12)Nc1ccccc1[N+](=O)[O-]. The number of rotatable bonds is 5. The van der Waals surface area contributed by atoms with Crippen molar-refractivity contribution < 1.29 is 9.72 Å². The van der Waals surface area contributed by atoms with Gasteiger partial charge in [0.25, 0.3) is 5.69 Å². The molecule has 0 unspecified atom stereocenters. The van der Waals surface area contributed by atoms with Gasteiger partial charge < -0.3 is 5.32 Å². The van der Waals surface area contributed by atoms with Gasteiger partial charge in [-0.2, -0.15) is 0 Å². The molecule has 3 rings (SSSR count). The van der Waals surface area contributed by atoms with Crippen LogP contribution in [0.1, 0.15) is 0 Å². The number of hydrogen-bond donors (Lipinski definition) is 1. The maximum absolute atomic E-state index is 12.1. The Labute approximate surface area is 141 Å². The van der Waals surface area contributed by atoms with E-state index < -0.39 is 4.92 Å². The molecule has 8 heteroatoms. The van der Waals surface area contributed by atoms with Crippen LogP contribution in [-0.4, -0.2) is 26.6 Å². The molecule has 0 aliphatic rings. The Morgan fingerprint density at radius 3 is 2.71 bits per heavy atom. The number of carbonyl (C=O) groups excluding carboxylic acids is 1. The highest BCUT2D eigenvalue weighted by atomic mass is 32.2. The summed E-state index contributed by atoms with van der Waals surface area (Å²) in [6, 6.07) is 13.5. The van der Waals surface area contributed by atoms with Gasteiger partial charge in [-0.3, -0.25) is 14.9 Å². The second kappa shape index (κ2) is 7.05. The third kappa shape index (κ3) is 3.49. The van der Waals surface area contributed by atoms with Crippen molar-refractivity contribution in [2.45, 2.75) is 5.03 Å². The van der Waals surface area contributed by atoms with Gasteiger partial charge in [-0.25, -0.2) is 9.97 Å². The Morgan fingerprint density at radius 2 is 1.88 bits per heavy atom. The molecule has 24 heavy (non-hydrogen) atoms. The van der Waals surface area contributed by atoms with Crippen molar-refractivity contribution in [2.24, 2.45) is 0 Å². The van der Waals surface area contributed by atoms with E-state index in [0.717, 1.165) is 10.9 Å². The molecule has 0 spiro atoms. The zero-order valence-electron chi connectivity index (χ0n) is 12.4. The summed E-state index contributed by atoms with van der Waals surface area (Å²) in [5, 5.41) is 15.1. The fourth-order valence-electron chi connectivity index (χ4n) is 2.15. The highest BCUT2D eigenvalue weighted by molar-refractivity contribution is 8.00. The van der Waals surface area contributed by atoms with Crippen molar-refractivity contribution in [2.75, 3.05) is 11.1 Å². The van der Waals surface area contributed by atoms with Crippen LogP contribution in [0.15, 0.2) is 59.9 Å². The number of hydrogen-bond acceptors (Lipinski definition) is 6. The zero-order valence-corrected chi connectivity index (χ0v) is 13.2. The van der Waals surface area contributed by atoms with Crippen LogP contribution in [0, 0.1) is 10.1 Å². The van der Waals surface area contributed by atoms with Crippen molar-refractivity contribution >= 4 is 39.9 Å². The summed E-state index contributed by atoms with van der Waals surface area (Å²) in [7, 11) is 0. The maximum Gasteiger partial charge on any atom is 0.292 e. The summed E-state index contributed by atoms with van der Waals surface area (Å²) in [5.41, 5.74) is 0.845. The molecule has 2 aromatic carbocycles. The molecule has 0 saturated carbocycles. The average molecular weight is 340 g/mol. The molecule has 0 fully saturated rings. The van der Waals surface area contributed by atoms with Gasteiger partial charge in [0.05, 0.1) is 16.2 Å². The molecule has 0 bridgehead atoms. The Hall–Kier alpha value is -3.00. The standard InChI is InChI=1S/C16H12N4O3S/c21-15(19-13-7-3-4-8-14(13)20(22)23)9-24-16-11-5-1-2-6-12(11)17-10-18-16/h1-8,10H,9H2,(H,19,21). The molecule has 1 aromatic heterocycles. The Bertz CT molecular complexity index is 911. The first kappa shape index (κ1) is 15.9. The predicted molar refractivity (Wildman–Crippen MR) is 92.0 cm³/mol. The Balaban J connectivity index is 1.71. The molecule has 3 aromatic rings. The minimum absolute atomic E-state index is 0.0903. The molecule has 1 heterocycles. The summed E-state index contributed by atoms with van der Waals surface area (Å²) in [6.45, 7) is 0. The van der Waals surface area contributed by atoms with E-state index in [2.05, 4.69) is 15.3 Å². The topological polar surface area (TPSA) is 98.0 Å². The normalized spacial score (nSPS) is 10.5. The molecule has 0 radical (unpaired) electrons. The number of benzene rings is 2. The zero-order chi connectivity index (χ0) is 16.9. The number of fused-ring (bicyclic) bond motifs is 1. The highest BCUT2D eigenvalue weighted by Crippen LogP contribution is 2.26. The van der Waals surface area contributed by atoms with Gasteiger partial charge in [0, 0.05) is 11.5 Å². The van der Waals surface area contributed by atoms with Gasteiger partial charge in [0.1, 0.15) is 17.0 Å². The van der Waals surface area contributed by atoms with E-state index in [0.29, 0.717) is 5.03 Å². The van der Waals surface area contributed by atoms with Crippen LogP contribution in [0.2, 0.25) is 0 Å². The molecule has 7 nitrogen and oxygen atoms in total. The lowest BCUT2D eigenvalue weighted by molar-refractivity contribution is -0.383. The van der Waals surface area contributed by atoms with Crippen LogP contribution < -0.4 is 5.32 Å². The van der Waals surface area contributed by atoms with E-state index >= 15 is 0 Å². The number of anilines is 1. The lowest BCUT2D eigenvalue weighted by Crippen LogP contribution is -2.15. The monoisotopic (exact) mass is 340 g/mol. The first-order valence-electron chi connectivity index (χ1n) is 7.01. The highest BCUT2D eigenvalue weighted by Gasteiger charge is 2.15. The molecule has 0 aliphatic heterocycles. The summed E-state index contributed by atoms with van der Waals surface area (Å²) in [5.74, 6) is -0.246. The molecule has 0 atom stereocenters. The number of amides is 1. The number of aromatic nitrogens is 2. The van der Waals surface area contributed by atoms with Gasteiger partial charge >= 0.3 is 0 Å². The second-order valence-corrected chi connectivity index (χ2v) is 5.77. The fourth-order valence-corrected chi connectivity index (χ4v) is 2.94. The number of para-hydroxylation sites is 3. The minimum atomic E-state index is -0.527. The Kier molecular flexibility index (Phi) is 4.66. The number of nitro groups is 1. The van der Waals surface area contributed by atoms with Crippen LogP contribution in [0.5, 0.6) is 0 Å². The van der Waals surface area contributed by atoms with Crippen LogP contribution in [0.25, 0.3) is 10.9 Å². The van der Waals surface area contributed by atoms with Crippen molar-refractivity contribution in [3.63, 3.8) is 0 Å². The van der Waals surface area contributed by atoms with E-state index in [4.69, 9.17) is 0 Å². The van der Waals surface area contributed by atoms with E-state index in [9.17, 15) is 14.9 Å². The van der Waals surface area contributed by atoms with Crippen LogP contribution in [-0.2, 0) is 4.79 Å². The summed E-state index contributed by atoms with van der Waals surface area (Å²) in [4.78, 5) is 30.9. The van der Waals surface area contributed by atoms with Gasteiger partial charge in [0.2, 0.25) is 5.91 Å². The number of nitrogens with zero attached hydrogens (tertiary/aromatic N) is 3. The van der Waals surface area contributed by atoms with Crippen molar-refractivity contribution in [3.05, 3.63) is 65.0 Å². The molecule has 0 saturated heterocycles. The third-order valence-corrected chi connectivity index (χ3v) is 4.23. The van der Waals surface area contributed by atoms with Crippen molar-refractivity contribution in [1.82, 2.24) is 9.97 Å². The predicted octanol–water partition coefficient (Wildman–Crippen LogP) is 3.27. The van der Waals surface area contributed by atoms with Crippen molar-refractivity contribution in [3.8, 4) is 0 Å². The summed E-state index contributed by atoms with van der Waals surface area (Å²) >= 11 is 1.26. The summed E-state index contributed by atoms with van der Waals surface area (Å²) < 4.78 is 0. The lowest BCUT2D eigenvalue weighted by atomic mass is 10.2. The number of nitro benzene ring substituents is 1. The third-order valence-electron chi connectivity index (χ3n) is 3.22. The van der Waals surface area contributed by atoms with Gasteiger partial charge in [-0.05, 0) is 12.1 Å². The molecule has 120 valence electrons. The number of thioether (sulfide) groups is 1. The van der Waals surface area contributed by atoms with E-state index in [-0.39, 0.29) is 23.0 Å². The fraction of sp³-hybridized carbons (Fsp3) is 0.0625. The van der Waals surface area contributed by atoms with E-state index in [1.165, 1.54) is 30.2 Å². The van der Waals surface area contributed by atoms with E-state index in [1.54, 1.807) is 12.1 Å². The first-order valence-corrected chi connectivity index (χ1v) is 7.99. The first-order chi connectivity index (χ1) is 11.6. The smallest absolute Gasteiger partial charge is 0.292 e. The van der Waals surface area contributed by atoms with Crippen molar-refractivity contribution in [1.29, 1.82) is 0 Å². The lowest BCUT2D eigenvalue weighted by Gasteiger charge is -2.06. The molecular weight excluding hydrogens is 328 g/mol. The number of nitrogens with one attached hydrogen (secondary N) is 1. The average Bonchev–Trinajstić information content (AvgIpc) is 2.60. The number of carbonyl (C=O) groups is 1. The molecule has 0 aliphatic carbocycles. The Morgan fingerprint density at radius 1 is 1.12 bits per heavy atom. The van der Waals surface area contributed by atoms with Gasteiger partial charge in [-0.15, -0.1) is 0 Å². The van der Waals surface area contributed by atoms with Gasteiger partial charge in [0.15, 0.2) is 0 Å². The van der Waals surface area contributed by atoms with Crippen LogP contribution in [0.3, 0.4) is 0 Å². The van der Waals surface area contributed by atoms with Crippen LogP contribution in [0.4, 0.5) is 11.4 Å². The van der Waals surface area contributed by atoms with Crippen LogP contribution >= 0.6 is 11.8 Å². The second-order valence-electron chi connectivity index (χ2n) is 4.81. The molecule has 1 N–H and O–H groups in total.